The Kier molecular flexibility index (Phi) is 8.52. The summed E-state index contributed by atoms with van der Waals surface area (Å²) in [4.78, 5) is 15.2. The van der Waals surface area contributed by atoms with Crippen molar-refractivity contribution in [3.05, 3.63) is 64.8 Å². The Bertz CT molecular complexity index is 1230. The van der Waals surface area contributed by atoms with Crippen LogP contribution >= 0.6 is 0 Å². The molecule has 0 bridgehead atoms. The molecular formula is C25H27F3N4O3S. The van der Waals surface area contributed by atoms with Crippen molar-refractivity contribution in [1.82, 2.24) is 15.1 Å². The number of benzene rings is 2. The van der Waals surface area contributed by atoms with Gasteiger partial charge in [0, 0.05) is 52.2 Å². The van der Waals surface area contributed by atoms with Gasteiger partial charge in [0.1, 0.15) is 5.82 Å². The fourth-order valence-corrected chi connectivity index (χ4v) is 5.32. The van der Waals surface area contributed by atoms with Crippen molar-refractivity contribution in [2.45, 2.75) is 32.2 Å². The maximum Gasteiger partial charge on any atom is 0.314 e. The van der Waals surface area contributed by atoms with Crippen molar-refractivity contribution in [3.63, 3.8) is 0 Å². The first kappa shape index (κ1) is 26.0. The van der Waals surface area contributed by atoms with Gasteiger partial charge in [0.2, 0.25) is 12.3 Å². The standard InChI is InChI=1S/C20H16F3N3O2.C5H11NOS/c21-17-9-14(19-24-25-20(28-19)18(22)23)4-5-15(17)10-26(11-27)16-7-6-12-2-1-3-13(12)8-16;1-6-2-4-8(7)5-3-6/h4-9,11,18H,1-3,10H2;2-5H2,1H3. The van der Waals surface area contributed by atoms with Crippen LogP contribution in [0, 0.1) is 5.82 Å². The number of carbonyl (C=O) groups is 1. The molecule has 2 heterocycles. The molecule has 192 valence electrons. The minimum absolute atomic E-state index is 0.0422. The zero-order chi connectivity index (χ0) is 25.7. The number of hydrogen-bond donors (Lipinski definition) is 0. The van der Waals surface area contributed by atoms with Gasteiger partial charge < -0.3 is 14.2 Å². The number of hydrogen-bond acceptors (Lipinski definition) is 6. The molecule has 1 aliphatic carbocycles. The highest BCUT2D eigenvalue weighted by molar-refractivity contribution is 7.85. The molecule has 1 aliphatic heterocycles. The van der Waals surface area contributed by atoms with Crippen LogP contribution in [-0.2, 0) is 35.0 Å². The average Bonchev–Trinajstić information content (AvgIpc) is 3.55. The largest absolute Gasteiger partial charge is 0.415 e. The van der Waals surface area contributed by atoms with Crippen LogP contribution in [0.4, 0.5) is 18.9 Å². The molecule has 0 radical (unpaired) electrons. The highest BCUT2D eigenvalue weighted by Crippen LogP contribution is 2.29. The van der Waals surface area contributed by atoms with Crippen molar-refractivity contribution in [3.8, 4) is 11.5 Å². The van der Waals surface area contributed by atoms with Gasteiger partial charge in [-0.15, -0.1) is 10.2 Å². The molecule has 2 aliphatic rings. The zero-order valence-electron chi connectivity index (χ0n) is 19.8. The van der Waals surface area contributed by atoms with Gasteiger partial charge in [-0.2, -0.15) is 8.78 Å². The second kappa shape index (κ2) is 11.8. The fraction of sp³-hybridized carbons (Fsp3) is 0.400. The van der Waals surface area contributed by atoms with Gasteiger partial charge in [0.15, 0.2) is 0 Å². The molecule has 5 rings (SSSR count). The zero-order valence-corrected chi connectivity index (χ0v) is 20.6. The van der Waals surface area contributed by atoms with E-state index in [9.17, 15) is 22.2 Å². The van der Waals surface area contributed by atoms with E-state index in [1.165, 1.54) is 28.2 Å². The third kappa shape index (κ3) is 6.38. The minimum Gasteiger partial charge on any atom is -0.415 e. The Balaban J connectivity index is 0.000000325. The number of halogens is 3. The molecule has 0 unspecified atom stereocenters. The Hall–Kier alpha value is -3.05. The van der Waals surface area contributed by atoms with Crippen LogP contribution < -0.4 is 4.90 Å². The van der Waals surface area contributed by atoms with Gasteiger partial charge >= 0.3 is 6.43 Å². The van der Waals surface area contributed by atoms with E-state index in [1.54, 1.807) is 0 Å². The lowest BCUT2D eigenvalue weighted by atomic mass is 10.1. The number of aryl methyl sites for hydroxylation is 2. The normalized spacial score (nSPS) is 15.9. The summed E-state index contributed by atoms with van der Waals surface area (Å²) in [6.07, 6.45) is 0.883. The Morgan fingerprint density at radius 3 is 2.50 bits per heavy atom. The quantitative estimate of drug-likeness (QED) is 0.455. The van der Waals surface area contributed by atoms with Crippen LogP contribution in [-0.4, -0.2) is 57.4 Å². The second-order valence-electron chi connectivity index (χ2n) is 8.74. The molecule has 1 fully saturated rings. The molecule has 0 atom stereocenters. The highest BCUT2D eigenvalue weighted by Gasteiger charge is 2.19. The van der Waals surface area contributed by atoms with Crippen molar-refractivity contribution in [2.75, 3.05) is 36.5 Å². The maximum atomic E-state index is 14.6. The van der Waals surface area contributed by atoms with Crippen LogP contribution in [0.5, 0.6) is 0 Å². The van der Waals surface area contributed by atoms with Crippen molar-refractivity contribution >= 4 is 22.9 Å². The summed E-state index contributed by atoms with van der Waals surface area (Å²) in [6.45, 7) is 2.06. The maximum absolute atomic E-state index is 14.6. The summed E-state index contributed by atoms with van der Waals surface area (Å²) < 4.78 is 55.2. The van der Waals surface area contributed by atoms with Gasteiger partial charge in [-0.3, -0.25) is 9.00 Å². The third-order valence-electron chi connectivity index (χ3n) is 6.21. The van der Waals surface area contributed by atoms with Crippen LogP contribution in [0.15, 0.2) is 40.8 Å². The first-order valence-corrected chi connectivity index (χ1v) is 13.1. The molecule has 11 heteroatoms. The third-order valence-corrected chi connectivity index (χ3v) is 7.49. The van der Waals surface area contributed by atoms with E-state index in [0.29, 0.717) is 12.1 Å². The molecule has 0 saturated carbocycles. The molecule has 7 nitrogen and oxygen atoms in total. The molecule has 1 aromatic heterocycles. The molecule has 36 heavy (non-hydrogen) atoms. The number of amides is 1. The summed E-state index contributed by atoms with van der Waals surface area (Å²) in [6, 6.07) is 9.92. The van der Waals surface area contributed by atoms with Crippen molar-refractivity contribution in [2.24, 2.45) is 0 Å². The molecule has 1 amide bonds. The van der Waals surface area contributed by atoms with Crippen LogP contribution in [0.3, 0.4) is 0 Å². The van der Waals surface area contributed by atoms with E-state index in [1.807, 2.05) is 18.2 Å². The lowest BCUT2D eigenvalue weighted by Crippen LogP contribution is -2.34. The smallest absolute Gasteiger partial charge is 0.314 e. The summed E-state index contributed by atoms with van der Waals surface area (Å²) in [5.41, 5.74) is 3.68. The number of carbonyl (C=O) groups excluding carboxylic acids is 1. The Labute approximate surface area is 209 Å². The topological polar surface area (TPSA) is 79.5 Å². The van der Waals surface area contributed by atoms with E-state index in [-0.39, 0.29) is 23.6 Å². The number of fused-ring (bicyclic) bond motifs is 1. The van der Waals surface area contributed by atoms with Crippen LogP contribution in [0.2, 0.25) is 0 Å². The van der Waals surface area contributed by atoms with Crippen LogP contribution in [0.1, 0.15) is 35.4 Å². The number of rotatable bonds is 6. The minimum atomic E-state index is -2.89. The second-order valence-corrected chi connectivity index (χ2v) is 10.4. The average molecular weight is 521 g/mol. The fourth-order valence-electron chi connectivity index (χ4n) is 4.09. The highest BCUT2D eigenvalue weighted by atomic mass is 32.2. The van der Waals surface area contributed by atoms with Gasteiger partial charge in [0.05, 0.1) is 6.54 Å². The summed E-state index contributed by atoms with van der Waals surface area (Å²) >= 11 is 0. The summed E-state index contributed by atoms with van der Waals surface area (Å²) in [7, 11) is 1.56. The van der Waals surface area contributed by atoms with Gasteiger partial charge in [-0.25, -0.2) is 4.39 Å². The lowest BCUT2D eigenvalue weighted by molar-refractivity contribution is -0.107. The lowest BCUT2D eigenvalue weighted by Gasteiger charge is -2.20. The van der Waals surface area contributed by atoms with E-state index in [2.05, 4.69) is 22.1 Å². The Morgan fingerprint density at radius 2 is 1.86 bits per heavy atom. The van der Waals surface area contributed by atoms with Gasteiger partial charge in [-0.05, 0) is 61.7 Å². The number of nitrogens with zero attached hydrogens (tertiary/aromatic N) is 4. The molecule has 2 aromatic carbocycles. The predicted octanol–water partition coefficient (Wildman–Crippen LogP) is 4.15. The van der Waals surface area contributed by atoms with E-state index >= 15 is 0 Å². The van der Waals surface area contributed by atoms with Gasteiger partial charge in [-0.1, -0.05) is 12.1 Å². The molecule has 3 aromatic rings. The van der Waals surface area contributed by atoms with Crippen molar-refractivity contribution in [1.29, 1.82) is 0 Å². The molecule has 1 saturated heterocycles. The first-order valence-electron chi connectivity index (χ1n) is 11.6. The Morgan fingerprint density at radius 1 is 1.11 bits per heavy atom. The first-order chi connectivity index (χ1) is 17.3. The summed E-state index contributed by atoms with van der Waals surface area (Å²) in [5, 5.41) is 6.74. The number of aromatic nitrogens is 2. The number of alkyl halides is 2. The van der Waals surface area contributed by atoms with Gasteiger partial charge in [0.25, 0.3) is 5.89 Å². The summed E-state index contributed by atoms with van der Waals surface area (Å²) in [5.74, 6) is 0.143. The van der Waals surface area contributed by atoms with E-state index in [0.717, 1.165) is 49.9 Å². The molecular weight excluding hydrogens is 493 g/mol. The van der Waals surface area contributed by atoms with E-state index in [4.69, 9.17) is 4.42 Å². The number of anilines is 1. The predicted molar refractivity (Wildman–Crippen MR) is 131 cm³/mol. The van der Waals surface area contributed by atoms with E-state index < -0.39 is 28.9 Å². The monoisotopic (exact) mass is 520 g/mol. The van der Waals surface area contributed by atoms with Crippen molar-refractivity contribution < 1.29 is 26.6 Å². The molecule has 0 N–H and O–H groups in total. The van der Waals surface area contributed by atoms with Crippen LogP contribution in [0.25, 0.3) is 11.5 Å². The molecule has 0 spiro atoms. The SMILES string of the molecule is CN1CCS(=O)CC1.O=CN(Cc1ccc(-c2nnc(C(F)F)o2)cc1F)c1ccc2c(c1)CCC2.